The molecule has 0 aromatic heterocycles. The Bertz CT molecular complexity index is 610. The van der Waals surface area contributed by atoms with Crippen molar-refractivity contribution in [3.8, 4) is 0 Å². The molecule has 0 saturated carbocycles. The third kappa shape index (κ3) is 3.59. The summed E-state index contributed by atoms with van der Waals surface area (Å²) in [6.45, 7) is 3.10. The Morgan fingerprint density at radius 1 is 1.33 bits per heavy atom. The second kappa shape index (κ2) is 7.04. The molecule has 0 aliphatic carbocycles. The van der Waals surface area contributed by atoms with Gasteiger partial charge in [0.2, 0.25) is 5.91 Å². The maximum absolute atomic E-state index is 13.9. The molecule has 130 valence electrons. The van der Waals surface area contributed by atoms with E-state index in [1.807, 2.05) is 0 Å². The minimum Gasteiger partial charge on any atom is -0.442 e. The molecule has 7 nitrogen and oxygen atoms in total. The molecule has 2 atom stereocenters. The molecule has 3 rings (SSSR count). The van der Waals surface area contributed by atoms with Crippen LogP contribution in [0, 0.1) is 0 Å². The quantitative estimate of drug-likeness (QED) is 0.838. The number of rotatable bonds is 4. The zero-order chi connectivity index (χ0) is 17.1. The van der Waals surface area contributed by atoms with Crippen LogP contribution in [0.15, 0.2) is 24.3 Å². The standard InChI is InChI=1S/C16H20FN3O4/c1-11(21)18-8-14-9-20(16(22)24-14)13-4-2-12(3-5-13)19-6-7-23-10-15(19)17/h2-5,14-15H,6-10H2,1H3,(H,18,21)/t14-,15+/m0/s1. The molecule has 1 aromatic carbocycles. The van der Waals surface area contributed by atoms with Crippen molar-refractivity contribution in [1.29, 1.82) is 0 Å². The van der Waals surface area contributed by atoms with Crippen LogP contribution < -0.4 is 15.1 Å². The van der Waals surface area contributed by atoms with Crippen molar-refractivity contribution in [3.63, 3.8) is 0 Å². The Kier molecular flexibility index (Phi) is 4.84. The number of benzene rings is 1. The van der Waals surface area contributed by atoms with E-state index >= 15 is 0 Å². The Labute approximate surface area is 139 Å². The topological polar surface area (TPSA) is 71.1 Å². The van der Waals surface area contributed by atoms with Gasteiger partial charge in [-0.05, 0) is 24.3 Å². The van der Waals surface area contributed by atoms with Gasteiger partial charge in [-0.25, -0.2) is 9.18 Å². The molecule has 0 bridgehead atoms. The van der Waals surface area contributed by atoms with Gasteiger partial charge >= 0.3 is 6.09 Å². The Morgan fingerprint density at radius 3 is 2.71 bits per heavy atom. The molecule has 0 spiro atoms. The molecule has 8 heteroatoms. The summed E-state index contributed by atoms with van der Waals surface area (Å²) < 4.78 is 24.2. The smallest absolute Gasteiger partial charge is 0.414 e. The summed E-state index contributed by atoms with van der Waals surface area (Å²) in [5, 5.41) is 2.63. The molecule has 2 saturated heterocycles. The molecule has 0 unspecified atom stereocenters. The average Bonchev–Trinajstić information content (AvgIpc) is 2.94. The predicted molar refractivity (Wildman–Crippen MR) is 85.8 cm³/mol. The van der Waals surface area contributed by atoms with Crippen molar-refractivity contribution in [2.75, 3.05) is 42.6 Å². The van der Waals surface area contributed by atoms with E-state index in [0.717, 1.165) is 5.69 Å². The first-order valence-electron chi connectivity index (χ1n) is 7.85. The number of halogens is 1. The van der Waals surface area contributed by atoms with Gasteiger partial charge in [0.25, 0.3) is 0 Å². The fraction of sp³-hybridized carbons (Fsp3) is 0.500. The highest BCUT2D eigenvalue weighted by atomic mass is 19.1. The molecule has 1 N–H and O–H groups in total. The highest BCUT2D eigenvalue weighted by Crippen LogP contribution is 2.26. The second-order valence-electron chi connectivity index (χ2n) is 5.77. The van der Waals surface area contributed by atoms with Crippen LogP contribution in [0.25, 0.3) is 0 Å². The van der Waals surface area contributed by atoms with Crippen LogP contribution in [-0.4, -0.2) is 57.2 Å². The van der Waals surface area contributed by atoms with Crippen molar-refractivity contribution < 1.29 is 23.5 Å². The minimum absolute atomic E-state index is 0.0605. The third-order valence-electron chi connectivity index (χ3n) is 4.02. The Hall–Kier alpha value is -2.35. The van der Waals surface area contributed by atoms with E-state index in [9.17, 15) is 14.0 Å². The summed E-state index contributed by atoms with van der Waals surface area (Å²) in [5.74, 6) is -0.167. The van der Waals surface area contributed by atoms with Crippen molar-refractivity contribution in [1.82, 2.24) is 5.32 Å². The van der Waals surface area contributed by atoms with Crippen LogP contribution in [0.2, 0.25) is 0 Å². The lowest BCUT2D eigenvalue weighted by atomic mass is 10.2. The summed E-state index contributed by atoms with van der Waals surface area (Å²) in [7, 11) is 0. The van der Waals surface area contributed by atoms with Gasteiger partial charge in [-0.15, -0.1) is 0 Å². The molecule has 24 heavy (non-hydrogen) atoms. The first kappa shape index (κ1) is 16.5. The Balaban J connectivity index is 1.65. The number of anilines is 2. The van der Waals surface area contributed by atoms with E-state index in [1.54, 1.807) is 29.2 Å². The van der Waals surface area contributed by atoms with Crippen LogP contribution >= 0.6 is 0 Å². The van der Waals surface area contributed by atoms with E-state index in [-0.39, 0.29) is 25.2 Å². The molecule has 2 amide bonds. The SMILES string of the molecule is CC(=O)NC[C@H]1CN(c2ccc(N3CCOC[C@@H]3F)cc2)C(=O)O1. The average molecular weight is 337 g/mol. The fourth-order valence-corrected chi connectivity index (χ4v) is 2.78. The lowest BCUT2D eigenvalue weighted by Gasteiger charge is -2.32. The molecule has 2 aliphatic heterocycles. The van der Waals surface area contributed by atoms with Crippen LogP contribution in [0.3, 0.4) is 0 Å². The zero-order valence-corrected chi connectivity index (χ0v) is 13.4. The number of ether oxygens (including phenoxy) is 2. The summed E-state index contributed by atoms with van der Waals surface area (Å²) in [5.41, 5.74) is 1.43. The van der Waals surface area contributed by atoms with Crippen molar-refractivity contribution >= 4 is 23.4 Å². The normalized spacial score (nSPS) is 24.0. The maximum atomic E-state index is 13.9. The van der Waals surface area contributed by atoms with Crippen LogP contribution in [-0.2, 0) is 14.3 Å². The number of hydrogen-bond acceptors (Lipinski definition) is 5. The van der Waals surface area contributed by atoms with Crippen molar-refractivity contribution in [2.24, 2.45) is 0 Å². The molecule has 2 aliphatic rings. The van der Waals surface area contributed by atoms with Crippen LogP contribution in [0.5, 0.6) is 0 Å². The van der Waals surface area contributed by atoms with Crippen molar-refractivity contribution in [2.45, 2.75) is 19.3 Å². The number of morpholine rings is 1. The molecule has 0 radical (unpaired) electrons. The van der Waals surface area contributed by atoms with Gasteiger partial charge < -0.3 is 19.7 Å². The number of carbonyl (C=O) groups is 2. The summed E-state index contributed by atoms with van der Waals surface area (Å²) >= 11 is 0. The highest BCUT2D eigenvalue weighted by molar-refractivity contribution is 5.90. The lowest BCUT2D eigenvalue weighted by molar-refractivity contribution is -0.119. The van der Waals surface area contributed by atoms with Gasteiger partial charge in [-0.1, -0.05) is 0 Å². The molecular weight excluding hydrogens is 317 g/mol. The largest absolute Gasteiger partial charge is 0.442 e. The fourth-order valence-electron chi connectivity index (χ4n) is 2.78. The number of amides is 2. The van der Waals surface area contributed by atoms with E-state index in [4.69, 9.17) is 9.47 Å². The number of carbonyl (C=O) groups excluding carboxylic acids is 2. The summed E-state index contributed by atoms with van der Waals surface area (Å²) in [6.07, 6.45) is -1.99. The van der Waals surface area contributed by atoms with Gasteiger partial charge in [0.1, 0.15) is 6.10 Å². The Morgan fingerprint density at radius 2 is 2.04 bits per heavy atom. The minimum atomic E-state index is -1.16. The lowest BCUT2D eigenvalue weighted by Crippen LogP contribution is -2.42. The zero-order valence-electron chi connectivity index (χ0n) is 13.4. The van der Waals surface area contributed by atoms with E-state index in [0.29, 0.717) is 25.4 Å². The first-order valence-corrected chi connectivity index (χ1v) is 7.85. The van der Waals surface area contributed by atoms with Crippen molar-refractivity contribution in [3.05, 3.63) is 24.3 Å². The van der Waals surface area contributed by atoms with E-state index < -0.39 is 12.4 Å². The first-order chi connectivity index (χ1) is 11.5. The monoisotopic (exact) mass is 337 g/mol. The van der Waals surface area contributed by atoms with Gasteiger partial charge in [0.15, 0.2) is 6.30 Å². The second-order valence-corrected chi connectivity index (χ2v) is 5.77. The third-order valence-corrected chi connectivity index (χ3v) is 4.02. The number of cyclic esters (lactones) is 1. The number of alkyl halides is 1. The maximum Gasteiger partial charge on any atom is 0.414 e. The number of nitrogens with one attached hydrogen (secondary N) is 1. The van der Waals surface area contributed by atoms with Gasteiger partial charge in [-0.3, -0.25) is 9.69 Å². The van der Waals surface area contributed by atoms with Gasteiger partial charge in [0.05, 0.1) is 26.3 Å². The predicted octanol–water partition coefficient (Wildman–Crippen LogP) is 1.28. The summed E-state index contributed by atoms with van der Waals surface area (Å²) in [4.78, 5) is 26.0. The van der Waals surface area contributed by atoms with Gasteiger partial charge in [0, 0.05) is 24.8 Å². The summed E-state index contributed by atoms with van der Waals surface area (Å²) in [6, 6.07) is 7.09. The molecule has 2 fully saturated rings. The molecular formula is C16H20FN3O4. The van der Waals surface area contributed by atoms with E-state index in [2.05, 4.69) is 5.32 Å². The molecule has 1 aromatic rings. The number of nitrogens with zero attached hydrogens (tertiary/aromatic N) is 2. The van der Waals surface area contributed by atoms with Gasteiger partial charge in [-0.2, -0.15) is 0 Å². The van der Waals surface area contributed by atoms with Crippen LogP contribution in [0.1, 0.15) is 6.92 Å². The molecule has 2 heterocycles. The number of hydrogen-bond donors (Lipinski definition) is 1. The van der Waals surface area contributed by atoms with Crippen LogP contribution in [0.4, 0.5) is 20.6 Å². The highest BCUT2D eigenvalue weighted by Gasteiger charge is 2.32. The van der Waals surface area contributed by atoms with E-state index in [1.165, 1.54) is 11.8 Å².